The Bertz CT molecular complexity index is 4150. The van der Waals surface area contributed by atoms with Crippen LogP contribution in [-0.2, 0) is 16.2 Å². The Hall–Kier alpha value is -6.76. The van der Waals surface area contributed by atoms with Gasteiger partial charge in [-0.05, 0) is 142 Å². The number of nitrogens with zero attached hydrogens (tertiary/aromatic N) is 1. The van der Waals surface area contributed by atoms with Crippen LogP contribution in [0, 0.1) is 6.92 Å². The predicted octanol–water partition coefficient (Wildman–Crippen LogP) is 16.3. The summed E-state index contributed by atoms with van der Waals surface area (Å²) in [7, 11) is 2.43. The van der Waals surface area contributed by atoms with Gasteiger partial charge in [0.15, 0.2) is 7.28 Å². The fraction of sp³-hybridized carbons (Fsp3) is 0.213. The van der Waals surface area contributed by atoms with Gasteiger partial charge in [0, 0.05) is 80.6 Å². The van der Waals surface area contributed by atoms with Crippen molar-refractivity contribution in [1.29, 1.82) is 0 Å². The van der Waals surface area contributed by atoms with Gasteiger partial charge in [-0.25, -0.2) is 0 Å². The highest BCUT2D eigenvalue weighted by Gasteiger charge is 2.38. The number of anilines is 2. The van der Waals surface area contributed by atoms with Gasteiger partial charge in [0.1, 0.15) is 22.3 Å². The molecule has 1 radical (unpaired) electrons. The van der Waals surface area contributed by atoms with Crippen LogP contribution >= 0.6 is 11.3 Å². The van der Waals surface area contributed by atoms with Crippen LogP contribution in [0.15, 0.2) is 136 Å². The molecule has 4 aromatic heterocycles. The zero-order valence-corrected chi connectivity index (χ0v) is 40.1. The lowest BCUT2D eigenvalue weighted by Crippen LogP contribution is -2.37. The molecule has 1 aliphatic carbocycles. The van der Waals surface area contributed by atoms with Crippen LogP contribution in [0.5, 0.6) is 0 Å². The van der Waals surface area contributed by atoms with Crippen molar-refractivity contribution < 1.29 is 8.83 Å². The lowest BCUT2D eigenvalue weighted by atomic mass is 9.58. The molecule has 0 spiro atoms. The van der Waals surface area contributed by atoms with Gasteiger partial charge in [-0.3, -0.25) is 0 Å². The molecule has 14 rings (SSSR count). The Morgan fingerprint density at radius 1 is 0.597 bits per heavy atom. The maximum absolute atomic E-state index is 6.59. The van der Waals surface area contributed by atoms with E-state index in [-0.39, 0.29) is 16.2 Å². The molecule has 12 aromatic rings. The molecule has 1 aliphatic heterocycles. The number of fused-ring (bicyclic) bond motifs is 15. The largest absolute Gasteiger partial charge is 0.456 e. The molecule has 325 valence electrons. The smallest absolute Gasteiger partial charge is 0.198 e. The van der Waals surface area contributed by atoms with Crippen molar-refractivity contribution in [3.05, 3.63) is 150 Å². The van der Waals surface area contributed by atoms with Crippen LogP contribution in [-0.4, -0.2) is 11.8 Å². The predicted molar refractivity (Wildman–Crippen MR) is 287 cm³/mol. The molecule has 8 aromatic carbocycles. The molecule has 67 heavy (non-hydrogen) atoms. The van der Waals surface area contributed by atoms with Crippen molar-refractivity contribution in [3.8, 4) is 16.8 Å². The number of benzene rings is 8. The molecule has 0 bridgehead atoms. The Balaban J connectivity index is 1.08. The van der Waals surface area contributed by atoms with Crippen molar-refractivity contribution in [3.63, 3.8) is 0 Å². The van der Waals surface area contributed by atoms with Gasteiger partial charge in [0.2, 0.25) is 0 Å². The van der Waals surface area contributed by atoms with Gasteiger partial charge in [0.25, 0.3) is 0 Å². The van der Waals surface area contributed by atoms with E-state index in [1.165, 1.54) is 93.7 Å². The third-order valence-corrected chi connectivity index (χ3v) is 16.9. The summed E-state index contributed by atoms with van der Waals surface area (Å²) >= 11 is 1.93. The summed E-state index contributed by atoms with van der Waals surface area (Å²) in [5.74, 6) is 0. The molecule has 6 heteroatoms. The summed E-state index contributed by atoms with van der Waals surface area (Å²) in [6, 6.07) is 47.6. The number of rotatable bonds is 3. The van der Waals surface area contributed by atoms with Gasteiger partial charge in [-0.1, -0.05) is 109 Å². The third-order valence-electron chi connectivity index (χ3n) is 15.7. The topological polar surface area (TPSA) is 43.2 Å². The highest BCUT2D eigenvalue weighted by molar-refractivity contribution is 7.25. The highest BCUT2D eigenvalue weighted by Crippen LogP contribution is 2.51. The standard InChI is InChI=1S/C61H50BN2O2S/c1-32-23-42(37-24-40-41-25-44-45(61(7,8)22-21-60(44,5)6)29-54(41)67-55(40)31-47(37)63-34-19-17-33(18-20-34)59(2,3)4)57-58-56(32)43-28-52-38(35-13-9-11-15-50(35)65-52)26-48(43)64(58)49-27-39-36-14-10-12-16-51(36)66-53(39)30-46(49)62-57/h9-20,23-31,63H,21-22H2,1-8H3. The minimum atomic E-state index is 0.0613. The van der Waals surface area contributed by atoms with Gasteiger partial charge in [-0.2, -0.15) is 0 Å². The lowest BCUT2D eigenvalue weighted by Gasteiger charge is -2.41. The van der Waals surface area contributed by atoms with Crippen LogP contribution < -0.4 is 16.2 Å². The average molecular weight is 886 g/mol. The number of furan rings is 2. The van der Waals surface area contributed by atoms with Crippen molar-refractivity contribution in [2.75, 3.05) is 5.32 Å². The molecule has 0 unspecified atom stereocenters. The van der Waals surface area contributed by atoms with Gasteiger partial charge in [0.05, 0.1) is 5.52 Å². The zero-order valence-electron chi connectivity index (χ0n) is 39.3. The Morgan fingerprint density at radius 2 is 1.22 bits per heavy atom. The van der Waals surface area contributed by atoms with Gasteiger partial charge in [-0.15, -0.1) is 11.3 Å². The Morgan fingerprint density at radius 3 is 1.93 bits per heavy atom. The maximum Gasteiger partial charge on any atom is 0.198 e. The first-order valence-corrected chi connectivity index (χ1v) is 24.7. The molecule has 0 amide bonds. The molecule has 2 aliphatic rings. The van der Waals surface area contributed by atoms with E-state index in [9.17, 15) is 0 Å². The summed E-state index contributed by atoms with van der Waals surface area (Å²) < 4.78 is 18.4. The normalized spacial score (nSPS) is 15.4. The van der Waals surface area contributed by atoms with Crippen LogP contribution in [0.3, 0.4) is 0 Å². The monoisotopic (exact) mass is 885 g/mol. The quantitative estimate of drug-likeness (QED) is 0.180. The van der Waals surface area contributed by atoms with Crippen molar-refractivity contribution in [2.45, 2.75) is 84.5 Å². The van der Waals surface area contributed by atoms with Crippen molar-refractivity contribution in [1.82, 2.24) is 4.57 Å². The van der Waals surface area contributed by atoms with Gasteiger partial charge >= 0.3 is 0 Å². The van der Waals surface area contributed by atoms with Gasteiger partial charge < -0.3 is 18.7 Å². The molecule has 0 saturated heterocycles. The van der Waals surface area contributed by atoms with E-state index in [4.69, 9.17) is 8.83 Å². The molecule has 1 N–H and O–H groups in total. The van der Waals surface area contributed by atoms with E-state index < -0.39 is 0 Å². The molecule has 0 saturated carbocycles. The van der Waals surface area contributed by atoms with E-state index in [1.807, 2.05) is 11.3 Å². The molecule has 0 fully saturated rings. The second kappa shape index (κ2) is 13.2. The first-order chi connectivity index (χ1) is 32.2. The van der Waals surface area contributed by atoms with E-state index in [1.54, 1.807) is 0 Å². The third kappa shape index (κ3) is 5.60. The van der Waals surface area contributed by atoms with E-state index in [0.29, 0.717) is 0 Å². The second-order valence-corrected chi connectivity index (χ2v) is 23.0. The van der Waals surface area contributed by atoms with E-state index in [0.717, 1.165) is 66.4 Å². The highest BCUT2D eigenvalue weighted by atomic mass is 32.1. The molecule has 5 heterocycles. The minimum absolute atomic E-state index is 0.0613. The fourth-order valence-corrected chi connectivity index (χ4v) is 13.1. The molecular formula is C61H50BN2O2S. The summed E-state index contributed by atoms with van der Waals surface area (Å²) in [5, 5.41) is 13.6. The van der Waals surface area contributed by atoms with Crippen LogP contribution in [0.2, 0.25) is 0 Å². The number of aromatic nitrogens is 1. The summed E-state index contributed by atoms with van der Waals surface area (Å²) in [6.45, 7) is 18.9. The van der Waals surface area contributed by atoms with Crippen LogP contribution in [0.1, 0.15) is 83.6 Å². The first-order valence-electron chi connectivity index (χ1n) is 23.9. The number of nitrogens with one attached hydrogen (secondary N) is 1. The number of hydrogen-bond acceptors (Lipinski definition) is 4. The second-order valence-electron chi connectivity index (χ2n) is 21.9. The Labute approximate surface area is 394 Å². The zero-order chi connectivity index (χ0) is 45.5. The van der Waals surface area contributed by atoms with E-state index in [2.05, 4.69) is 200 Å². The maximum atomic E-state index is 6.59. The van der Waals surface area contributed by atoms with Crippen LogP contribution in [0.25, 0.3) is 103 Å². The summed E-state index contributed by atoms with van der Waals surface area (Å²) in [6.07, 6.45) is 2.38. The minimum Gasteiger partial charge on any atom is -0.456 e. The summed E-state index contributed by atoms with van der Waals surface area (Å²) in [5.41, 5.74) is 19.9. The van der Waals surface area contributed by atoms with E-state index >= 15 is 0 Å². The summed E-state index contributed by atoms with van der Waals surface area (Å²) in [4.78, 5) is 0. The SMILES string of the molecule is Cc1cc(-c2cc3c(cc2Nc2ccc(C(C)(C)C)cc2)sc2cc4c(cc23)C(C)(C)CCC4(C)C)c2c3c1c1cc4oc5ccccc5c4cc1n3-c1cc3c(cc1[B]2)oc1ccccc13. The number of thiophene rings is 1. The Kier molecular flexibility index (Phi) is 7.78. The number of hydrogen-bond donors (Lipinski definition) is 1. The molecule has 0 atom stereocenters. The number of para-hydroxylation sites is 2. The number of aryl methyl sites for hydroxylation is 1. The van der Waals surface area contributed by atoms with Crippen molar-refractivity contribution >= 4 is 127 Å². The molecule has 4 nitrogen and oxygen atoms in total. The first kappa shape index (κ1) is 39.4. The lowest BCUT2D eigenvalue weighted by molar-refractivity contribution is 0.332. The van der Waals surface area contributed by atoms with Crippen LogP contribution in [0.4, 0.5) is 11.4 Å². The fourth-order valence-electron chi connectivity index (χ4n) is 11.9. The van der Waals surface area contributed by atoms with Crippen molar-refractivity contribution in [2.24, 2.45) is 0 Å². The molecular weight excluding hydrogens is 836 g/mol. The average Bonchev–Trinajstić information content (AvgIpc) is 4.05.